The first-order valence-electron chi connectivity index (χ1n) is 7.40. The molecule has 1 N–H and O–H groups in total. The summed E-state index contributed by atoms with van der Waals surface area (Å²) in [7, 11) is 3.13. The average molecular weight is 352 g/mol. The average Bonchev–Trinajstić information content (AvgIpc) is 2.60. The van der Waals surface area contributed by atoms with Gasteiger partial charge in [0.25, 0.3) is 0 Å². The highest BCUT2D eigenvalue weighted by atomic mass is 31.2. The van der Waals surface area contributed by atoms with Crippen molar-refractivity contribution >= 4 is 19.0 Å². The van der Waals surface area contributed by atoms with Gasteiger partial charge in [0, 0.05) is 39.7 Å². The first-order valence-corrected chi connectivity index (χ1v) is 9.01. The zero-order valence-corrected chi connectivity index (χ0v) is 15.1. The van der Waals surface area contributed by atoms with Crippen molar-refractivity contribution in [2.45, 2.75) is 5.78 Å². The number of hydrogen-bond donors (Lipinski definition) is 1. The van der Waals surface area contributed by atoms with Gasteiger partial charge in [0.2, 0.25) is 0 Å². The quantitative estimate of drug-likeness (QED) is 0.744. The van der Waals surface area contributed by atoms with E-state index in [0.717, 1.165) is 11.3 Å². The van der Waals surface area contributed by atoms with Gasteiger partial charge in [-0.25, -0.2) is 4.39 Å². The number of nitrogens with one attached hydrogen (secondary N) is 1. The van der Waals surface area contributed by atoms with Crippen LogP contribution in [-0.2, 0) is 13.6 Å². The Morgan fingerprint density at radius 2 is 1.54 bits per heavy atom. The highest BCUT2D eigenvalue weighted by molar-refractivity contribution is 7.54. The van der Waals surface area contributed by atoms with E-state index >= 15 is 0 Å². The summed E-state index contributed by atoms with van der Waals surface area (Å²) in [5, 5.41) is 3.12. The van der Waals surface area contributed by atoms with Gasteiger partial charge < -0.3 is 19.3 Å². The Labute approximate surface area is 141 Å². The zero-order chi connectivity index (χ0) is 17.7. The normalized spacial score (nSPS) is 12.7. The molecule has 7 heteroatoms. The molecule has 0 aliphatic carbocycles. The van der Waals surface area contributed by atoms with Gasteiger partial charge >= 0.3 is 7.60 Å². The number of hydrogen-bond acceptors (Lipinski definition) is 5. The minimum Gasteiger partial charge on any atom is -0.378 e. The van der Waals surface area contributed by atoms with Crippen LogP contribution in [0.1, 0.15) is 11.3 Å². The van der Waals surface area contributed by atoms with Crippen LogP contribution in [0.15, 0.2) is 48.5 Å². The summed E-state index contributed by atoms with van der Waals surface area (Å²) in [6, 6.07) is 13.4. The topological polar surface area (TPSA) is 50.8 Å². The van der Waals surface area contributed by atoms with Gasteiger partial charge in [0.15, 0.2) is 5.78 Å². The van der Waals surface area contributed by atoms with Crippen LogP contribution < -0.4 is 10.2 Å². The van der Waals surface area contributed by atoms with Gasteiger partial charge in [-0.15, -0.1) is 0 Å². The van der Waals surface area contributed by atoms with Crippen molar-refractivity contribution in [1.82, 2.24) is 0 Å². The number of nitrogens with zero attached hydrogens (tertiary/aromatic N) is 1. The molecule has 2 aromatic carbocycles. The Bertz CT molecular complexity index is 697. The third kappa shape index (κ3) is 4.15. The van der Waals surface area contributed by atoms with E-state index in [4.69, 9.17) is 9.05 Å². The van der Waals surface area contributed by atoms with E-state index in [1.807, 2.05) is 43.3 Å². The molecule has 0 unspecified atom stereocenters. The minimum absolute atomic E-state index is 0.339. The Morgan fingerprint density at radius 1 is 1.00 bits per heavy atom. The molecule has 130 valence electrons. The molecule has 0 spiro atoms. The number of halogens is 1. The van der Waals surface area contributed by atoms with Gasteiger partial charge in [-0.05, 0) is 42.0 Å². The molecule has 0 aromatic heterocycles. The molecule has 5 nitrogen and oxygen atoms in total. The molecule has 0 aliphatic rings. The van der Waals surface area contributed by atoms with Gasteiger partial charge in [-0.2, -0.15) is 0 Å². The molecule has 1 atom stereocenters. The zero-order valence-electron chi connectivity index (χ0n) is 14.2. The van der Waals surface area contributed by atoms with E-state index in [2.05, 4.69) is 5.32 Å². The maximum absolute atomic E-state index is 13.1. The fourth-order valence-corrected chi connectivity index (χ4v) is 3.70. The van der Waals surface area contributed by atoms with E-state index < -0.39 is 13.4 Å². The lowest BCUT2D eigenvalue weighted by Gasteiger charge is -2.27. The van der Waals surface area contributed by atoms with Crippen LogP contribution in [0, 0.1) is 5.82 Å². The fourth-order valence-electron chi connectivity index (χ4n) is 2.29. The first kappa shape index (κ1) is 18.5. The van der Waals surface area contributed by atoms with E-state index in [1.54, 1.807) is 12.1 Å². The maximum Gasteiger partial charge on any atom is 0.356 e. The predicted molar refractivity (Wildman–Crippen MR) is 95.2 cm³/mol. The number of rotatable bonds is 7. The largest absolute Gasteiger partial charge is 0.378 e. The molecule has 0 saturated carbocycles. The predicted octanol–water partition coefficient (Wildman–Crippen LogP) is 4.49. The van der Waals surface area contributed by atoms with E-state index in [9.17, 15) is 8.96 Å². The van der Waals surface area contributed by atoms with Crippen molar-refractivity contribution in [3.63, 3.8) is 0 Å². The second-order valence-electron chi connectivity index (χ2n) is 5.44. The molecular weight excluding hydrogens is 330 g/mol. The molecule has 0 aliphatic heterocycles. The first-order chi connectivity index (χ1) is 11.4. The highest BCUT2D eigenvalue weighted by Crippen LogP contribution is 2.59. The summed E-state index contributed by atoms with van der Waals surface area (Å²) in [5.74, 6) is -1.05. The maximum atomic E-state index is 13.1. The standard InChI is InChI=1S/C17H22FN2O3P/c1-20(2)16-11-5-13(6-12-16)17(24(21,22-3)23-4)19-15-9-7-14(18)8-10-15/h5-12,17,19H,1-4H3/t17-/m0/s1. The molecule has 2 rings (SSSR count). The van der Waals surface area contributed by atoms with Crippen molar-refractivity contribution in [1.29, 1.82) is 0 Å². The third-order valence-electron chi connectivity index (χ3n) is 3.70. The van der Waals surface area contributed by atoms with Crippen LogP contribution in [-0.4, -0.2) is 28.3 Å². The Morgan fingerprint density at radius 3 is 2.00 bits per heavy atom. The van der Waals surface area contributed by atoms with Crippen LogP contribution >= 0.6 is 7.60 Å². The van der Waals surface area contributed by atoms with Crippen molar-refractivity contribution in [3.05, 3.63) is 59.9 Å². The van der Waals surface area contributed by atoms with Gasteiger partial charge in [-0.1, -0.05) is 12.1 Å². The van der Waals surface area contributed by atoms with E-state index in [-0.39, 0.29) is 5.82 Å². The lowest BCUT2D eigenvalue weighted by atomic mass is 10.2. The van der Waals surface area contributed by atoms with E-state index in [1.165, 1.54) is 26.4 Å². The number of benzene rings is 2. The van der Waals surface area contributed by atoms with Crippen LogP contribution in [0.4, 0.5) is 15.8 Å². The Hall–Kier alpha value is -1.88. The molecular formula is C17H22FN2O3P. The summed E-state index contributed by atoms with van der Waals surface area (Å²) in [4.78, 5) is 1.97. The van der Waals surface area contributed by atoms with Gasteiger partial charge in [-0.3, -0.25) is 4.57 Å². The summed E-state index contributed by atoms with van der Waals surface area (Å²) in [5.41, 5.74) is 2.38. The molecule has 0 saturated heterocycles. The lowest BCUT2D eigenvalue weighted by Crippen LogP contribution is -2.14. The van der Waals surface area contributed by atoms with Crippen molar-refractivity contribution in [2.24, 2.45) is 0 Å². The smallest absolute Gasteiger partial charge is 0.356 e. The minimum atomic E-state index is -3.45. The molecule has 0 radical (unpaired) electrons. The van der Waals surface area contributed by atoms with Gasteiger partial charge in [0.05, 0.1) is 0 Å². The van der Waals surface area contributed by atoms with Gasteiger partial charge in [0.1, 0.15) is 5.82 Å². The van der Waals surface area contributed by atoms with Crippen molar-refractivity contribution < 1.29 is 18.0 Å². The lowest BCUT2D eigenvalue weighted by molar-refractivity contribution is 0.268. The number of anilines is 2. The highest BCUT2D eigenvalue weighted by Gasteiger charge is 2.35. The van der Waals surface area contributed by atoms with E-state index in [0.29, 0.717) is 5.69 Å². The summed E-state index contributed by atoms with van der Waals surface area (Å²) in [6.45, 7) is 0. The molecule has 0 amide bonds. The molecule has 0 heterocycles. The molecule has 0 fully saturated rings. The monoisotopic (exact) mass is 352 g/mol. The Kier molecular flexibility index (Phi) is 5.99. The van der Waals surface area contributed by atoms with Crippen molar-refractivity contribution in [2.75, 3.05) is 38.5 Å². The summed E-state index contributed by atoms with van der Waals surface area (Å²) in [6.07, 6.45) is 0. The summed E-state index contributed by atoms with van der Waals surface area (Å²) >= 11 is 0. The fraction of sp³-hybridized carbons (Fsp3) is 0.294. The molecule has 0 bridgehead atoms. The second kappa shape index (κ2) is 7.79. The third-order valence-corrected chi connectivity index (χ3v) is 5.78. The summed E-state index contributed by atoms with van der Waals surface area (Å²) < 4.78 is 36.4. The van der Waals surface area contributed by atoms with Crippen LogP contribution in [0.25, 0.3) is 0 Å². The second-order valence-corrected chi connectivity index (χ2v) is 7.77. The van der Waals surface area contributed by atoms with Crippen LogP contribution in [0.5, 0.6) is 0 Å². The SMILES string of the molecule is COP(=O)(OC)[C@H](Nc1ccc(F)cc1)c1ccc(N(C)C)cc1. The molecule has 2 aromatic rings. The Balaban J connectivity index is 2.38. The van der Waals surface area contributed by atoms with Crippen molar-refractivity contribution in [3.8, 4) is 0 Å². The molecule has 24 heavy (non-hydrogen) atoms. The van der Waals surface area contributed by atoms with Crippen LogP contribution in [0.3, 0.4) is 0 Å². The van der Waals surface area contributed by atoms with Crippen LogP contribution in [0.2, 0.25) is 0 Å².